The van der Waals surface area contributed by atoms with Crippen molar-refractivity contribution in [3.8, 4) is 16.3 Å². The second-order valence-corrected chi connectivity index (χ2v) is 6.14. The minimum absolute atomic E-state index is 0.312. The Morgan fingerprint density at radius 3 is 2.62 bits per heavy atom. The molecule has 0 aliphatic heterocycles. The van der Waals surface area contributed by atoms with Crippen LogP contribution < -0.4 is 16.0 Å². The van der Waals surface area contributed by atoms with Crippen LogP contribution in [0.3, 0.4) is 0 Å². The molecule has 5 nitrogen and oxygen atoms in total. The second-order valence-electron chi connectivity index (χ2n) is 5.14. The van der Waals surface area contributed by atoms with Gasteiger partial charge in [-0.05, 0) is 37.1 Å². The zero-order valence-electron chi connectivity index (χ0n) is 12.3. The van der Waals surface area contributed by atoms with E-state index in [0.29, 0.717) is 23.1 Å². The Balaban J connectivity index is 2.17. The number of rotatable bonds is 5. The summed E-state index contributed by atoms with van der Waals surface area (Å²) in [7, 11) is 0. The number of aryl methyl sites for hydroxylation is 1. The van der Waals surface area contributed by atoms with Gasteiger partial charge in [-0.25, -0.2) is 10.8 Å². The Morgan fingerprint density at radius 2 is 2.05 bits per heavy atom. The zero-order chi connectivity index (χ0) is 15.4. The number of aromatic nitrogens is 1. The van der Waals surface area contributed by atoms with Gasteiger partial charge in [0, 0.05) is 5.56 Å². The van der Waals surface area contributed by atoms with Gasteiger partial charge >= 0.3 is 0 Å². The van der Waals surface area contributed by atoms with Gasteiger partial charge in [-0.2, -0.15) is 0 Å². The van der Waals surface area contributed by atoms with Crippen molar-refractivity contribution in [2.75, 3.05) is 6.61 Å². The van der Waals surface area contributed by atoms with Gasteiger partial charge in [0.05, 0.1) is 12.3 Å². The molecular formula is C15H19N3O2S. The molecule has 3 N–H and O–H groups in total. The smallest absolute Gasteiger partial charge is 0.277 e. The van der Waals surface area contributed by atoms with E-state index in [9.17, 15) is 4.79 Å². The maximum absolute atomic E-state index is 11.6. The van der Waals surface area contributed by atoms with Crippen molar-refractivity contribution in [1.82, 2.24) is 10.4 Å². The molecule has 2 rings (SSSR count). The largest absolute Gasteiger partial charge is 0.493 e. The molecule has 112 valence electrons. The number of hydrogen-bond donors (Lipinski definition) is 2. The molecule has 0 spiro atoms. The Hall–Kier alpha value is -1.92. The van der Waals surface area contributed by atoms with Crippen molar-refractivity contribution in [1.29, 1.82) is 0 Å². The van der Waals surface area contributed by atoms with E-state index in [4.69, 9.17) is 10.6 Å². The lowest BCUT2D eigenvalue weighted by molar-refractivity contribution is 0.0957. The van der Waals surface area contributed by atoms with Crippen LogP contribution in [0.4, 0.5) is 0 Å². The first-order valence-electron chi connectivity index (χ1n) is 6.73. The first-order chi connectivity index (χ1) is 10.0. The Labute approximate surface area is 128 Å². The lowest BCUT2D eigenvalue weighted by Crippen LogP contribution is -2.29. The molecule has 1 amide bonds. The summed E-state index contributed by atoms with van der Waals surface area (Å²) in [5.74, 6) is 6.17. The van der Waals surface area contributed by atoms with Crippen LogP contribution in [0.2, 0.25) is 0 Å². The normalized spacial score (nSPS) is 10.7. The van der Waals surface area contributed by atoms with Crippen LogP contribution in [0.15, 0.2) is 24.3 Å². The molecule has 1 aromatic heterocycles. The van der Waals surface area contributed by atoms with Crippen molar-refractivity contribution in [3.63, 3.8) is 0 Å². The predicted molar refractivity (Wildman–Crippen MR) is 84.3 cm³/mol. The first-order valence-corrected chi connectivity index (χ1v) is 7.54. The highest BCUT2D eigenvalue weighted by Gasteiger charge is 2.15. The van der Waals surface area contributed by atoms with E-state index in [1.165, 1.54) is 11.3 Å². The number of benzene rings is 1. The number of nitrogen functional groups attached to an aromatic ring is 1. The van der Waals surface area contributed by atoms with Gasteiger partial charge in [0.1, 0.15) is 15.6 Å². The van der Waals surface area contributed by atoms with Crippen LogP contribution in [0.5, 0.6) is 5.75 Å². The highest BCUT2D eigenvalue weighted by molar-refractivity contribution is 7.17. The molecular weight excluding hydrogens is 286 g/mol. The van der Waals surface area contributed by atoms with Crippen LogP contribution in [0, 0.1) is 12.8 Å². The molecule has 6 heteroatoms. The summed E-state index contributed by atoms with van der Waals surface area (Å²) in [5.41, 5.74) is 3.77. The van der Waals surface area contributed by atoms with Crippen LogP contribution >= 0.6 is 11.3 Å². The van der Waals surface area contributed by atoms with Crippen LogP contribution in [0.1, 0.15) is 29.2 Å². The second kappa shape index (κ2) is 6.69. The fourth-order valence-electron chi connectivity index (χ4n) is 1.75. The summed E-state index contributed by atoms with van der Waals surface area (Å²) in [6.45, 7) is 6.70. The number of carbonyl (C=O) groups excluding carboxylic acids is 1. The van der Waals surface area contributed by atoms with Gasteiger partial charge in [0.2, 0.25) is 0 Å². The van der Waals surface area contributed by atoms with Crippen molar-refractivity contribution >= 4 is 17.2 Å². The molecule has 21 heavy (non-hydrogen) atoms. The maximum atomic E-state index is 11.6. The van der Waals surface area contributed by atoms with Gasteiger partial charge in [0.15, 0.2) is 0 Å². The molecule has 0 atom stereocenters. The third kappa shape index (κ3) is 3.80. The average molecular weight is 305 g/mol. The Morgan fingerprint density at radius 1 is 1.38 bits per heavy atom. The van der Waals surface area contributed by atoms with E-state index in [-0.39, 0.29) is 5.91 Å². The van der Waals surface area contributed by atoms with E-state index in [0.717, 1.165) is 16.3 Å². The highest BCUT2D eigenvalue weighted by Crippen LogP contribution is 2.29. The topological polar surface area (TPSA) is 77.2 Å². The number of nitrogens with one attached hydrogen (secondary N) is 1. The third-order valence-electron chi connectivity index (χ3n) is 2.82. The number of ether oxygens (including phenoxy) is 1. The fourth-order valence-corrected chi connectivity index (χ4v) is 2.73. The van der Waals surface area contributed by atoms with Gasteiger partial charge in [0.25, 0.3) is 5.91 Å². The molecule has 0 saturated carbocycles. The van der Waals surface area contributed by atoms with Crippen LogP contribution in [-0.2, 0) is 0 Å². The molecule has 1 heterocycles. The lowest BCUT2D eigenvalue weighted by atomic mass is 10.2. The number of thiazole rings is 1. The number of nitrogens with zero attached hydrogens (tertiary/aromatic N) is 1. The summed E-state index contributed by atoms with van der Waals surface area (Å²) in [6, 6.07) is 7.71. The van der Waals surface area contributed by atoms with E-state index in [2.05, 4.69) is 24.3 Å². The maximum Gasteiger partial charge on any atom is 0.277 e. The zero-order valence-corrected chi connectivity index (χ0v) is 13.2. The SMILES string of the molecule is Cc1nc(-c2ccc(OCC(C)C)cc2)sc1C(=O)NN. The molecule has 0 aliphatic carbocycles. The molecule has 0 radical (unpaired) electrons. The average Bonchev–Trinajstić information content (AvgIpc) is 2.87. The summed E-state index contributed by atoms with van der Waals surface area (Å²) >= 11 is 1.33. The summed E-state index contributed by atoms with van der Waals surface area (Å²) in [6.07, 6.45) is 0. The molecule has 0 fully saturated rings. The Kier molecular flexibility index (Phi) is 4.93. The van der Waals surface area contributed by atoms with E-state index >= 15 is 0 Å². The summed E-state index contributed by atoms with van der Waals surface area (Å²) < 4.78 is 5.65. The standard InChI is InChI=1S/C15H19N3O2S/c1-9(2)8-20-12-6-4-11(5-7-12)15-17-10(3)13(21-15)14(19)18-16/h4-7,9H,8,16H2,1-3H3,(H,18,19). The summed E-state index contributed by atoms with van der Waals surface area (Å²) in [5, 5.41) is 0.793. The van der Waals surface area contributed by atoms with Gasteiger partial charge in [-0.15, -0.1) is 11.3 Å². The predicted octanol–water partition coefficient (Wildman–Crippen LogP) is 2.76. The van der Waals surface area contributed by atoms with Crippen molar-refractivity contribution in [2.45, 2.75) is 20.8 Å². The van der Waals surface area contributed by atoms with Gasteiger partial charge < -0.3 is 4.74 Å². The lowest BCUT2D eigenvalue weighted by Gasteiger charge is -2.08. The van der Waals surface area contributed by atoms with E-state index < -0.39 is 0 Å². The van der Waals surface area contributed by atoms with Crippen LogP contribution in [0.25, 0.3) is 10.6 Å². The highest BCUT2D eigenvalue weighted by atomic mass is 32.1. The molecule has 0 aliphatic rings. The first kappa shape index (κ1) is 15.5. The van der Waals surface area contributed by atoms with Crippen molar-refractivity contribution < 1.29 is 9.53 Å². The minimum Gasteiger partial charge on any atom is -0.493 e. The monoisotopic (exact) mass is 305 g/mol. The van der Waals surface area contributed by atoms with Crippen molar-refractivity contribution in [2.24, 2.45) is 11.8 Å². The quantitative estimate of drug-likeness (QED) is 0.506. The van der Waals surface area contributed by atoms with Gasteiger partial charge in [-0.1, -0.05) is 13.8 Å². The molecule has 0 unspecified atom stereocenters. The number of amides is 1. The fraction of sp³-hybridized carbons (Fsp3) is 0.333. The molecule has 0 bridgehead atoms. The van der Waals surface area contributed by atoms with Crippen molar-refractivity contribution in [3.05, 3.63) is 34.8 Å². The molecule has 0 saturated heterocycles. The number of nitrogens with two attached hydrogens (primary N) is 1. The molecule has 2 aromatic rings. The number of hydrazine groups is 1. The van der Waals surface area contributed by atoms with Crippen LogP contribution in [-0.4, -0.2) is 17.5 Å². The van der Waals surface area contributed by atoms with Gasteiger partial charge in [-0.3, -0.25) is 10.2 Å². The summed E-state index contributed by atoms with van der Waals surface area (Å²) in [4.78, 5) is 16.5. The van der Waals surface area contributed by atoms with E-state index in [1.807, 2.05) is 24.3 Å². The minimum atomic E-state index is -0.312. The third-order valence-corrected chi connectivity index (χ3v) is 4.02. The van der Waals surface area contributed by atoms with E-state index in [1.54, 1.807) is 6.92 Å². The Bertz CT molecular complexity index is 620. The molecule has 1 aromatic carbocycles. The number of carbonyl (C=O) groups is 1. The number of hydrogen-bond acceptors (Lipinski definition) is 5.